The average Bonchev–Trinajstić information content (AvgIpc) is 2.87. The summed E-state index contributed by atoms with van der Waals surface area (Å²) in [6, 6.07) is 2.81. The number of rotatable bonds is 6. The topological polar surface area (TPSA) is 29.9 Å². The molecule has 1 aliphatic rings. The Kier molecular flexibility index (Phi) is 5.44. The van der Waals surface area contributed by atoms with Crippen LogP contribution in [0.3, 0.4) is 0 Å². The molecule has 1 heterocycles. The lowest BCUT2D eigenvalue weighted by molar-refractivity contribution is 0.255. The second kappa shape index (κ2) is 7.09. The molecule has 0 unspecified atom stereocenters. The van der Waals surface area contributed by atoms with Crippen LogP contribution in [0, 0.1) is 11.8 Å². The zero-order chi connectivity index (χ0) is 13.7. The fourth-order valence-electron chi connectivity index (χ4n) is 2.98. The standard InChI is InChI=1S/C16H29N3/c1-4-14-5-7-16(8-6-14)19-10-9-15(18-19)12-17-11-13(2)3/h9-10,13-14,16-17H,4-8,11-12H2,1-3H3. The Morgan fingerprint density at radius 1 is 1.32 bits per heavy atom. The third-order valence-corrected chi connectivity index (χ3v) is 4.29. The zero-order valence-electron chi connectivity index (χ0n) is 12.7. The summed E-state index contributed by atoms with van der Waals surface area (Å²) < 4.78 is 2.21. The van der Waals surface area contributed by atoms with Crippen LogP contribution >= 0.6 is 0 Å². The smallest absolute Gasteiger partial charge is 0.0762 e. The number of aromatic nitrogens is 2. The number of nitrogens with one attached hydrogen (secondary N) is 1. The first-order valence-electron chi connectivity index (χ1n) is 7.93. The van der Waals surface area contributed by atoms with Gasteiger partial charge in [0.25, 0.3) is 0 Å². The van der Waals surface area contributed by atoms with E-state index in [1.807, 2.05) is 0 Å². The van der Waals surface area contributed by atoms with Crippen molar-refractivity contribution < 1.29 is 0 Å². The third-order valence-electron chi connectivity index (χ3n) is 4.29. The number of hydrogen-bond donors (Lipinski definition) is 1. The highest BCUT2D eigenvalue weighted by Gasteiger charge is 2.21. The van der Waals surface area contributed by atoms with Crippen molar-refractivity contribution in [3.05, 3.63) is 18.0 Å². The van der Waals surface area contributed by atoms with Crippen LogP contribution in [0.4, 0.5) is 0 Å². The predicted molar refractivity (Wildman–Crippen MR) is 80.1 cm³/mol. The van der Waals surface area contributed by atoms with Gasteiger partial charge in [0.05, 0.1) is 11.7 Å². The van der Waals surface area contributed by atoms with E-state index in [9.17, 15) is 0 Å². The average molecular weight is 263 g/mol. The van der Waals surface area contributed by atoms with Gasteiger partial charge in [-0.3, -0.25) is 4.68 Å². The van der Waals surface area contributed by atoms with Crippen molar-refractivity contribution in [2.24, 2.45) is 11.8 Å². The fourth-order valence-corrected chi connectivity index (χ4v) is 2.98. The van der Waals surface area contributed by atoms with Gasteiger partial charge in [-0.25, -0.2) is 0 Å². The van der Waals surface area contributed by atoms with Crippen molar-refractivity contribution in [2.45, 2.75) is 65.5 Å². The Morgan fingerprint density at radius 2 is 2.05 bits per heavy atom. The normalized spacial score (nSPS) is 24.0. The summed E-state index contributed by atoms with van der Waals surface area (Å²) in [5.41, 5.74) is 1.18. The predicted octanol–water partition coefficient (Wildman–Crippen LogP) is 3.77. The van der Waals surface area contributed by atoms with Crippen molar-refractivity contribution >= 4 is 0 Å². The Bertz CT molecular complexity index is 362. The van der Waals surface area contributed by atoms with Gasteiger partial charge in [-0.1, -0.05) is 27.2 Å². The van der Waals surface area contributed by atoms with Crippen LogP contribution in [-0.4, -0.2) is 16.3 Å². The molecule has 1 aromatic heterocycles. The van der Waals surface area contributed by atoms with Crippen molar-refractivity contribution in [1.29, 1.82) is 0 Å². The molecule has 0 amide bonds. The summed E-state index contributed by atoms with van der Waals surface area (Å²) >= 11 is 0. The van der Waals surface area contributed by atoms with Gasteiger partial charge >= 0.3 is 0 Å². The van der Waals surface area contributed by atoms with E-state index in [0.29, 0.717) is 12.0 Å². The number of nitrogens with zero attached hydrogens (tertiary/aromatic N) is 2. The van der Waals surface area contributed by atoms with Gasteiger partial charge < -0.3 is 5.32 Å². The Morgan fingerprint density at radius 3 is 2.68 bits per heavy atom. The molecule has 1 aliphatic carbocycles. The molecule has 2 rings (SSSR count). The van der Waals surface area contributed by atoms with E-state index in [-0.39, 0.29) is 0 Å². The lowest BCUT2D eigenvalue weighted by Crippen LogP contribution is -2.20. The van der Waals surface area contributed by atoms with Crippen molar-refractivity contribution in [1.82, 2.24) is 15.1 Å². The summed E-state index contributed by atoms with van der Waals surface area (Å²) in [5, 5.41) is 8.19. The van der Waals surface area contributed by atoms with Crippen LogP contribution in [0.1, 0.15) is 64.6 Å². The minimum atomic E-state index is 0.640. The largest absolute Gasteiger partial charge is 0.311 e. The molecule has 0 atom stereocenters. The van der Waals surface area contributed by atoms with Gasteiger partial charge in [0.1, 0.15) is 0 Å². The molecule has 0 spiro atoms. The van der Waals surface area contributed by atoms with Crippen molar-refractivity contribution in [2.75, 3.05) is 6.54 Å². The molecule has 0 bridgehead atoms. The van der Waals surface area contributed by atoms with E-state index in [2.05, 4.69) is 43.0 Å². The minimum Gasteiger partial charge on any atom is -0.311 e. The van der Waals surface area contributed by atoms with Crippen LogP contribution < -0.4 is 5.32 Å². The fraction of sp³-hybridized carbons (Fsp3) is 0.812. The Hall–Kier alpha value is -0.830. The van der Waals surface area contributed by atoms with Gasteiger partial charge in [-0.2, -0.15) is 5.10 Å². The van der Waals surface area contributed by atoms with Crippen molar-refractivity contribution in [3.63, 3.8) is 0 Å². The summed E-state index contributed by atoms with van der Waals surface area (Å²) in [4.78, 5) is 0. The molecule has 0 saturated heterocycles. The van der Waals surface area contributed by atoms with E-state index in [1.54, 1.807) is 0 Å². The highest BCUT2D eigenvalue weighted by molar-refractivity contribution is 4.99. The Labute approximate surface area is 117 Å². The molecular formula is C16H29N3. The Balaban J connectivity index is 1.80. The van der Waals surface area contributed by atoms with Crippen LogP contribution in [0.15, 0.2) is 12.3 Å². The quantitative estimate of drug-likeness (QED) is 0.846. The SMILES string of the molecule is CCC1CCC(n2ccc(CNCC(C)C)n2)CC1. The highest BCUT2D eigenvalue weighted by Crippen LogP contribution is 2.33. The van der Waals surface area contributed by atoms with Gasteiger partial charge in [0.2, 0.25) is 0 Å². The molecule has 0 aromatic carbocycles. The molecule has 1 aromatic rings. The van der Waals surface area contributed by atoms with E-state index in [0.717, 1.165) is 19.0 Å². The van der Waals surface area contributed by atoms with Crippen LogP contribution in [-0.2, 0) is 6.54 Å². The van der Waals surface area contributed by atoms with Crippen LogP contribution in [0.25, 0.3) is 0 Å². The molecule has 1 saturated carbocycles. The molecule has 108 valence electrons. The summed E-state index contributed by atoms with van der Waals surface area (Å²) in [6.45, 7) is 8.75. The maximum Gasteiger partial charge on any atom is 0.0762 e. The van der Waals surface area contributed by atoms with Crippen LogP contribution in [0.2, 0.25) is 0 Å². The molecule has 3 heteroatoms. The number of hydrogen-bond acceptors (Lipinski definition) is 2. The zero-order valence-corrected chi connectivity index (χ0v) is 12.7. The monoisotopic (exact) mass is 263 g/mol. The molecule has 0 radical (unpaired) electrons. The van der Waals surface area contributed by atoms with Gasteiger partial charge in [0, 0.05) is 12.7 Å². The van der Waals surface area contributed by atoms with Gasteiger partial charge in [0.15, 0.2) is 0 Å². The summed E-state index contributed by atoms with van der Waals surface area (Å²) in [5.74, 6) is 1.66. The molecular weight excluding hydrogens is 234 g/mol. The molecule has 1 fully saturated rings. The van der Waals surface area contributed by atoms with Crippen molar-refractivity contribution in [3.8, 4) is 0 Å². The summed E-state index contributed by atoms with van der Waals surface area (Å²) in [6.07, 6.45) is 8.88. The minimum absolute atomic E-state index is 0.640. The van der Waals surface area contributed by atoms with E-state index in [1.165, 1.54) is 37.8 Å². The van der Waals surface area contributed by atoms with E-state index < -0.39 is 0 Å². The lowest BCUT2D eigenvalue weighted by Gasteiger charge is -2.27. The van der Waals surface area contributed by atoms with E-state index in [4.69, 9.17) is 5.10 Å². The second-order valence-corrected chi connectivity index (χ2v) is 6.39. The maximum absolute atomic E-state index is 4.74. The van der Waals surface area contributed by atoms with E-state index >= 15 is 0 Å². The summed E-state index contributed by atoms with van der Waals surface area (Å²) in [7, 11) is 0. The van der Waals surface area contributed by atoms with Gasteiger partial charge in [-0.05, 0) is 50.1 Å². The molecule has 0 aliphatic heterocycles. The van der Waals surface area contributed by atoms with Gasteiger partial charge in [-0.15, -0.1) is 0 Å². The van der Waals surface area contributed by atoms with Crippen LogP contribution in [0.5, 0.6) is 0 Å². The first kappa shape index (κ1) is 14.6. The lowest BCUT2D eigenvalue weighted by atomic mass is 9.85. The third kappa shape index (κ3) is 4.34. The molecule has 19 heavy (non-hydrogen) atoms. The molecule has 3 nitrogen and oxygen atoms in total. The highest BCUT2D eigenvalue weighted by atomic mass is 15.3. The first-order valence-corrected chi connectivity index (χ1v) is 7.93. The maximum atomic E-state index is 4.74. The first-order chi connectivity index (χ1) is 9.19. The second-order valence-electron chi connectivity index (χ2n) is 6.39. The molecule has 1 N–H and O–H groups in total.